The fraction of sp³-hybridized carbons (Fsp3) is 0.533. The Balaban J connectivity index is 1.61. The number of hydrogen-bond donors (Lipinski definition) is 2. The normalized spacial score (nSPS) is 16.8. The summed E-state index contributed by atoms with van der Waals surface area (Å²) < 4.78 is 16.4. The first-order chi connectivity index (χ1) is 18.8. The van der Waals surface area contributed by atoms with Gasteiger partial charge in [-0.25, -0.2) is 0 Å². The highest BCUT2D eigenvalue weighted by atomic mass is 16.5. The molecule has 1 fully saturated rings. The first-order valence-electron chi connectivity index (χ1n) is 13.7. The molecule has 2 atom stereocenters. The minimum atomic E-state index is -0.0567. The summed E-state index contributed by atoms with van der Waals surface area (Å²) in [6.45, 7) is 8.05. The summed E-state index contributed by atoms with van der Waals surface area (Å²) in [5.41, 5.74) is 1.65. The van der Waals surface area contributed by atoms with Gasteiger partial charge in [0, 0.05) is 76.9 Å². The van der Waals surface area contributed by atoms with Crippen molar-refractivity contribution in [1.29, 1.82) is 0 Å². The average molecular weight is 541 g/mol. The molecule has 2 amide bonds. The van der Waals surface area contributed by atoms with Crippen LogP contribution in [0.15, 0.2) is 48.5 Å². The van der Waals surface area contributed by atoms with Gasteiger partial charge in [-0.2, -0.15) is 0 Å². The van der Waals surface area contributed by atoms with Crippen LogP contribution in [0.3, 0.4) is 0 Å². The van der Waals surface area contributed by atoms with E-state index in [1.54, 1.807) is 37.3 Å². The van der Waals surface area contributed by atoms with Crippen LogP contribution in [0.25, 0.3) is 0 Å². The van der Waals surface area contributed by atoms with Crippen LogP contribution in [-0.2, 0) is 16.1 Å². The van der Waals surface area contributed by atoms with E-state index in [-0.39, 0.29) is 36.4 Å². The van der Waals surface area contributed by atoms with Crippen LogP contribution >= 0.6 is 0 Å². The Labute approximate surface area is 232 Å². The Morgan fingerprint density at radius 1 is 1.05 bits per heavy atom. The van der Waals surface area contributed by atoms with Gasteiger partial charge in [0.15, 0.2) is 11.5 Å². The fourth-order valence-electron chi connectivity index (χ4n) is 4.72. The van der Waals surface area contributed by atoms with Crippen molar-refractivity contribution < 1.29 is 23.8 Å². The molecular formula is C30H44N4O5. The predicted molar refractivity (Wildman–Crippen MR) is 152 cm³/mol. The molecule has 1 aliphatic rings. The summed E-state index contributed by atoms with van der Waals surface area (Å²) in [6, 6.07) is 15.4. The second-order valence-electron chi connectivity index (χ2n) is 10.3. The quantitative estimate of drug-likeness (QED) is 0.336. The van der Waals surface area contributed by atoms with E-state index in [0.717, 1.165) is 25.1 Å². The van der Waals surface area contributed by atoms with Crippen molar-refractivity contribution in [1.82, 2.24) is 20.4 Å². The van der Waals surface area contributed by atoms with Crippen LogP contribution in [0.1, 0.15) is 36.2 Å². The van der Waals surface area contributed by atoms with Crippen LogP contribution in [0.4, 0.5) is 0 Å². The molecule has 2 aromatic carbocycles. The zero-order chi connectivity index (χ0) is 28.2. The summed E-state index contributed by atoms with van der Waals surface area (Å²) in [5, 5.41) is 6.86. The molecule has 39 heavy (non-hydrogen) atoms. The van der Waals surface area contributed by atoms with Crippen molar-refractivity contribution in [3.05, 3.63) is 59.7 Å². The number of methoxy groups -OCH3 is 2. The molecule has 0 radical (unpaired) electrons. The number of benzene rings is 2. The lowest BCUT2D eigenvalue weighted by molar-refractivity contribution is -0.129. The molecule has 0 unspecified atom stereocenters. The molecule has 0 aliphatic carbocycles. The first kappa shape index (κ1) is 30.4. The second-order valence-corrected chi connectivity index (χ2v) is 10.3. The lowest BCUT2D eigenvalue weighted by atomic mass is 10.0. The van der Waals surface area contributed by atoms with Crippen LogP contribution < -0.4 is 20.1 Å². The number of carbonyl (C=O) groups excluding carboxylic acids is 2. The number of nitrogens with zero attached hydrogens (tertiary/aromatic N) is 2. The van der Waals surface area contributed by atoms with Crippen molar-refractivity contribution in [3.8, 4) is 11.5 Å². The van der Waals surface area contributed by atoms with Crippen LogP contribution in [0.2, 0.25) is 0 Å². The van der Waals surface area contributed by atoms with Crippen molar-refractivity contribution in [2.45, 2.75) is 38.9 Å². The van der Waals surface area contributed by atoms with E-state index in [9.17, 15) is 9.59 Å². The van der Waals surface area contributed by atoms with Crippen molar-refractivity contribution in [3.63, 3.8) is 0 Å². The highest BCUT2D eigenvalue weighted by Gasteiger charge is 2.32. The van der Waals surface area contributed by atoms with Crippen LogP contribution in [-0.4, -0.2) is 94.4 Å². The van der Waals surface area contributed by atoms with Gasteiger partial charge in [-0.3, -0.25) is 9.59 Å². The number of likely N-dealkylation sites (N-methyl/N-ethyl adjacent to an activating group) is 1. The smallest absolute Gasteiger partial charge is 0.254 e. The molecule has 9 heteroatoms. The Hall–Kier alpha value is -3.14. The largest absolute Gasteiger partial charge is 0.493 e. The predicted octanol–water partition coefficient (Wildman–Crippen LogP) is 2.80. The highest BCUT2D eigenvalue weighted by Crippen LogP contribution is 2.29. The molecule has 214 valence electrons. The third-order valence-corrected chi connectivity index (χ3v) is 7.02. The maximum atomic E-state index is 13.6. The van der Waals surface area contributed by atoms with E-state index < -0.39 is 0 Å². The lowest BCUT2D eigenvalue weighted by Gasteiger charge is -2.32. The lowest BCUT2D eigenvalue weighted by Crippen LogP contribution is -2.48. The number of ether oxygens (including phenoxy) is 3. The van der Waals surface area contributed by atoms with Gasteiger partial charge < -0.3 is 34.6 Å². The van der Waals surface area contributed by atoms with Crippen LogP contribution in [0.5, 0.6) is 11.5 Å². The molecular weight excluding hydrogens is 496 g/mol. The summed E-state index contributed by atoms with van der Waals surface area (Å²) in [5.74, 6) is 1.29. The van der Waals surface area contributed by atoms with Gasteiger partial charge >= 0.3 is 0 Å². The third-order valence-electron chi connectivity index (χ3n) is 7.02. The summed E-state index contributed by atoms with van der Waals surface area (Å²) in [6.07, 6.45) is 0.740. The number of rotatable bonds is 15. The summed E-state index contributed by atoms with van der Waals surface area (Å²) in [7, 11) is 5.07. The maximum absolute atomic E-state index is 13.6. The highest BCUT2D eigenvalue weighted by molar-refractivity contribution is 5.95. The zero-order valence-corrected chi connectivity index (χ0v) is 23.9. The Morgan fingerprint density at radius 2 is 1.82 bits per heavy atom. The number of nitrogens with one attached hydrogen (secondary N) is 2. The van der Waals surface area contributed by atoms with Gasteiger partial charge in [0.2, 0.25) is 5.91 Å². The average Bonchev–Trinajstić information content (AvgIpc) is 3.39. The zero-order valence-electron chi connectivity index (χ0n) is 23.9. The number of hydrogen-bond acceptors (Lipinski definition) is 7. The van der Waals surface area contributed by atoms with E-state index in [0.29, 0.717) is 43.4 Å². The molecule has 0 aromatic heterocycles. The molecule has 2 N–H and O–H groups in total. The van der Waals surface area contributed by atoms with E-state index >= 15 is 0 Å². The van der Waals surface area contributed by atoms with Crippen LogP contribution in [0, 0.1) is 5.92 Å². The van der Waals surface area contributed by atoms with Gasteiger partial charge in [-0.15, -0.1) is 0 Å². The molecule has 2 aromatic rings. The standard InChI is InChI=1S/C30H44N4O5/c1-22(2)34(30(36)24-12-13-27(38-5)28(16-24)39-15-9-14-37-4)21-25-17-31-18-26(25)32-19-29(35)33(3)20-23-10-7-6-8-11-23/h6-8,10-13,16,22,25-26,31-32H,9,14-15,17-21H2,1-5H3/t25-,26+/m0/s1. The molecule has 3 rings (SSSR count). The van der Waals surface area contributed by atoms with Crippen molar-refractivity contribution in [2.75, 3.05) is 60.7 Å². The topological polar surface area (TPSA) is 92.4 Å². The molecule has 0 spiro atoms. The SMILES string of the molecule is COCCCOc1cc(C(=O)N(C[C@@H]2CNC[C@H]2NCC(=O)N(C)Cc2ccccc2)C(C)C)ccc1OC. The second kappa shape index (κ2) is 15.5. The Bertz CT molecular complexity index is 1050. The third kappa shape index (κ3) is 8.95. The number of amides is 2. The Kier molecular flexibility index (Phi) is 12.0. The van der Waals surface area contributed by atoms with Crippen molar-refractivity contribution >= 4 is 11.8 Å². The fourth-order valence-corrected chi connectivity index (χ4v) is 4.72. The minimum absolute atomic E-state index is 0.00515. The summed E-state index contributed by atoms with van der Waals surface area (Å²) in [4.78, 5) is 30.1. The van der Waals surface area contributed by atoms with E-state index in [4.69, 9.17) is 14.2 Å². The van der Waals surface area contributed by atoms with Gasteiger partial charge in [-0.05, 0) is 37.6 Å². The molecule has 1 heterocycles. The van der Waals surface area contributed by atoms with E-state index in [1.807, 2.05) is 56.1 Å². The van der Waals surface area contributed by atoms with Gasteiger partial charge in [0.25, 0.3) is 5.91 Å². The first-order valence-corrected chi connectivity index (χ1v) is 13.7. The van der Waals surface area contributed by atoms with E-state index in [2.05, 4.69) is 10.6 Å². The van der Waals surface area contributed by atoms with Gasteiger partial charge in [-0.1, -0.05) is 30.3 Å². The Morgan fingerprint density at radius 3 is 2.51 bits per heavy atom. The van der Waals surface area contributed by atoms with Crippen molar-refractivity contribution in [2.24, 2.45) is 5.92 Å². The number of carbonyl (C=O) groups is 2. The molecule has 9 nitrogen and oxygen atoms in total. The molecule has 1 aliphatic heterocycles. The minimum Gasteiger partial charge on any atom is -0.493 e. The molecule has 0 bridgehead atoms. The monoisotopic (exact) mass is 540 g/mol. The maximum Gasteiger partial charge on any atom is 0.254 e. The van der Waals surface area contributed by atoms with E-state index in [1.165, 1.54) is 0 Å². The molecule has 1 saturated heterocycles. The summed E-state index contributed by atoms with van der Waals surface area (Å²) >= 11 is 0. The van der Waals surface area contributed by atoms with Gasteiger partial charge in [0.05, 0.1) is 20.3 Å². The molecule has 0 saturated carbocycles. The van der Waals surface area contributed by atoms with Gasteiger partial charge in [0.1, 0.15) is 0 Å².